The minimum atomic E-state index is 0. The van der Waals surface area contributed by atoms with Gasteiger partial charge in [0.05, 0.1) is 5.69 Å². The van der Waals surface area contributed by atoms with Crippen molar-refractivity contribution in [1.82, 2.24) is 15.3 Å². The Morgan fingerprint density at radius 1 is 1.03 bits per heavy atom. The van der Waals surface area contributed by atoms with E-state index in [1.807, 2.05) is 12.4 Å². The van der Waals surface area contributed by atoms with Crippen LogP contribution in [0.25, 0.3) is 0 Å². The van der Waals surface area contributed by atoms with Gasteiger partial charge in [-0.3, -0.25) is 4.99 Å². The fourth-order valence-electron chi connectivity index (χ4n) is 4.84. The summed E-state index contributed by atoms with van der Waals surface area (Å²) in [5, 5.41) is 7.11. The van der Waals surface area contributed by atoms with Gasteiger partial charge in [-0.2, -0.15) is 0 Å². The van der Waals surface area contributed by atoms with Gasteiger partial charge in [0.25, 0.3) is 0 Å². The van der Waals surface area contributed by atoms with E-state index in [9.17, 15) is 0 Å². The molecule has 0 amide bonds. The maximum absolute atomic E-state index is 4.88. The molecule has 0 unspecified atom stereocenters. The van der Waals surface area contributed by atoms with Gasteiger partial charge in [0.15, 0.2) is 0 Å². The van der Waals surface area contributed by atoms with E-state index in [1.54, 1.807) is 7.05 Å². The molecular formula is C27H41N5. The maximum atomic E-state index is 4.88. The minimum absolute atomic E-state index is 0. The van der Waals surface area contributed by atoms with Crippen molar-refractivity contribution in [2.45, 2.75) is 76.8 Å². The van der Waals surface area contributed by atoms with Crippen LogP contribution in [0.15, 0.2) is 47.6 Å². The number of allylic oxidation sites excluding steroid dienone is 2. The number of rotatable bonds is 8. The van der Waals surface area contributed by atoms with Gasteiger partial charge in [-0.05, 0) is 55.7 Å². The van der Waals surface area contributed by atoms with Crippen LogP contribution in [0.2, 0.25) is 0 Å². The number of aliphatic imine (C=N–C) groups is 1. The van der Waals surface area contributed by atoms with E-state index in [2.05, 4.69) is 57.0 Å². The van der Waals surface area contributed by atoms with E-state index in [-0.39, 0.29) is 2.85 Å². The zero-order valence-electron chi connectivity index (χ0n) is 19.4. The molecule has 4 rings (SSSR count). The van der Waals surface area contributed by atoms with Gasteiger partial charge in [0.2, 0.25) is 5.95 Å². The zero-order chi connectivity index (χ0) is 22.0. The molecule has 0 saturated heterocycles. The Hall–Kier alpha value is -2.53. The summed E-state index contributed by atoms with van der Waals surface area (Å²) >= 11 is 0. The van der Waals surface area contributed by atoms with E-state index in [4.69, 9.17) is 4.98 Å². The molecule has 1 fully saturated rings. The second kappa shape index (κ2) is 11.9. The molecule has 1 aromatic heterocycles. The average Bonchev–Trinajstić information content (AvgIpc) is 3.10. The summed E-state index contributed by atoms with van der Waals surface area (Å²) in [7, 11) is 1.81. The van der Waals surface area contributed by atoms with Crippen LogP contribution in [-0.2, 0) is 13.0 Å². The molecule has 0 bridgehead atoms. The maximum Gasteiger partial charge on any atom is 0.227 e. The van der Waals surface area contributed by atoms with Crippen LogP contribution in [-0.4, -0.2) is 29.3 Å². The zero-order valence-corrected chi connectivity index (χ0v) is 19.4. The minimum Gasteiger partial charge on any atom is -0.324 e. The number of anilines is 2. The Bertz CT molecular complexity index is 898. The average molecular weight is 436 g/mol. The summed E-state index contributed by atoms with van der Waals surface area (Å²) in [6.07, 6.45) is 20.9. The molecule has 0 spiro atoms. The highest BCUT2D eigenvalue weighted by atomic mass is 15.1. The van der Waals surface area contributed by atoms with Crippen LogP contribution in [0.5, 0.6) is 0 Å². The molecule has 2 aliphatic rings. The van der Waals surface area contributed by atoms with Gasteiger partial charge in [0, 0.05) is 46.1 Å². The van der Waals surface area contributed by atoms with E-state index in [0.717, 1.165) is 35.8 Å². The van der Waals surface area contributed by atoms with Gasteiger partial charge < -0.3 is 10.6 Å². The highest BCUT2D eigenvalue weighted by Gasteiger charge is 2.17. The lowest BCUT2D eigenvalue weighted by Crippen LogP contribution is -2.27. The number of benzene rings is 1. The van der Waals surface area contributed by atoms with Crippen molar-refractivity contribution in [3.63, 3.8) is 0 Å². The van der Waals surface area contributed by atoms with Crippen LogP contribution >= 0.6 is 0 Å². The van der Waals surface area contributed by atoms with Crippen LogP contribution in [0.4, 0.5) is 11.6 Å². The highest BCUT2D eigenvalue weighted by molar-refractivity contribution is 5.80. The van der Waals surface area contributed by atoms with E-state index in [1.165, 1.54) is 63.4 Å². The first kappa shape index (κ1) is 22.7. The van der Waals surface area contributed by atoms with Gasteiger partial charge >= 0.3 is 0 Å². The summed E-state index contributed by atoms with van der Waals surface area (Å²) < 4.78 is 0. The number of nitrogens with zero attached hydrogens (tertiary/aromatic N) is 3. The molecule has 5 nitrogen and oxygen atoms in total. The second-order valence-corrected chi connectivity index (χ2v) is 9.22. The van der Waals surface area contributed by atoms with Crippen molar-refractivity contribution in [2.75, 3.05) is 12.4 Å². The predicted octanol–water partition coefficient (Wildman–Crippen LogP) is 6.47. The standard InChI is InChI=1S/C27H37N5.2H2/c1-28-19-23-20-30-27(32-26(23)17-21-9-5-4-6-10-21)31-25-15-13-22(14-16-25)18-29-24-11-7-2-3-8-12-24;;/h2-3,13-16,19-21,24,29H,4-12,17-18H2,1H3,(H,30,31,32);2*1H. The Labute approximate surface area is 195 Å². The van der Waals surface area contributed by atoms with Gasteiger partial charge in [-0.1, -0.05) is 56.4 Å². The molecule has 0 radical (unpaired) electrons. The van der Waals surface area contributed by atoms with E-state index < -0.39 is 0 Å². The largest absolute Gasteiger partial charge is 0.324 e. The molecule has 2 aromatic rings. The molecule has 1 saturated carbocycles. The molecule has 5 heteroatoms. The Balaban J connectivity index is 0.00000204. The summed E-state index contributed by atoms with van der Waals surface area (Å²) in [5.74, 6) is 1.40. The van der Waals surface area contributed by atoms with E-state index in [0.29, 0.717) is 12.0 Å². The number of aromatic nitrogens is 2. The Kier molecular flexibility index (Phi) is 8.43. The van der Waals surface area contributed by atoms with Crippen molar-refractivity contribution in [3.05, 3.63) is 59.4 Å². The molecule has 0 atom stereocenters. The van der Waals surface area contributed by atoms with Crippen LogP contribution in [0.1, 0.15) is 77.5 Å². The molecule has 2 aliphatic carbocycles. The molecule has 1 heterocycles. The monoisotopic (exact) mass is 435 g/mol. The van der Waals surface area contributed by atoms with Crippen molar-refractivity contribution in [2.24, 2.45) is 10.9 Å². The molecule has 174 valence electrons. The van der Waals surface area contributed by atoms with Gasteiger partial charge in [-0.25, -0.2) is 9.97 Å². The third kappa shape index (κ3) is 6.73. The highest BCUT2D eigenvalue weighted by Crippen LogP contribution is 2.27. The lowest BCUT2D eigenvalue weighted by molar-refractivity contribution is 0.354. The van der Waals surface area contributed by atoms with Crippen molar-refractivity contribution >= 4 is 17.9 Å². The van der Waals surface area contributed by atoms with Crippen LogP contribution < -0.4 is 10.6 Å². The second-order valence-electron chi connectivity index (χ2n) is 9.22. The molecule has 2 N–H and O–H groups in total. The number of hydrogen-bond donors (Lipinski definition) is 2. The fraction of sp³-hybridized carbons (Fsp3) is 0.519. The summed E-state index contributed by atoms with van der Waals surface area (Å²) in [6, 6.07) is 9.23. The first-order valence-corrected chi connectivity index (χ1v) is 12.3. The first-order chi connectivity index (χ1) is 15.8. The van der Waals surface area contributed by atoms with E-state index >= 15 is 0 Å². The SMILES string of the molecule is CN=Cc1cnc(Nc2ccc(CNC3CCC=CCC3)cc2)nc1CC1CCCCC1.[HH].[HH]. The predicted molar refractivity (Wildman–Crippen MR) is 138 cm³/mol. The quantitative estimate of drug-likeness (QED) is 0.368. The smallest absolute Gasteiger partial charge is 0.227 e. The third-order valence-corrected chi connectivity index (χ3v) is 6.71. The molecule has 32 heavy (non-hydrogen) atoms. The van der Waals surface area contributed by atoms with Crippen molar-refractivity contribution in [1.29, 1.82) is 0 Å². The van der Waals surface area contributed by atoms with Crippen molar-refractivity contribution in [3.8, 4) is 0 Å². The van der Waals surface area contributed by atoms with Crippen LogP contribution in [0, 0.1) is 5.92 Å². The third-order valence-electron chi connectivity index (χ3n) is 6.71. The fourth-order valence-corrected chi connectivity index (χ4v) is 4.84. The Morgan fingerprint density at radius 3 is 2.50 bits per heavy atom. The lowest BCUT2D eigenvalue weighted by atomic mass is 9.85. The summed E-state index contributed by atoms with van der Waals surface area (Å²) in [5.41, 5.74) is 4.48. The summed E-state index contributed by atoms with van der Waals surface area (Å²) in [4.78, 5) is 13.6. The lowest BCUT2D eigenvalue weighted by Gasteiger charge is -2.22. The Morgan fingerprint density at radius 2 is 1.78 bits per heavy atom. The van der Waals surface area contributed by atoms with Gasteiger partial charge in [0.1, 0.15) is 0 Å². The molecule has 0 aliphatic heterocycles. The number of hydrogen-bond acceptors (Lipinski definition) is 5. The summed E-state index contributed by atoms with van der Waals surface area (Å²) in [6.45, 7) is 0.915. The first-order valence-electron chi connectivity index (χ1n) is 12.3. The number of nitrogens with one attached hydrogen (secondary N) is 2. The molecular weight excluding hydrogens is 394 g/mol. The normalized spacial score (nSPS) is 18.2. The van der Waals surface area contributed by atoms with Crippen molar-refractivity contribution < 1.29 is 2.85 Å². The molecule has 1 aromatic carbocycles. The van der Waals surface area contributed by atoms with Gasteiger partial charge in [-0.15, -0.1) is 0 Å². The van der Waals surface area contributed by atoms with Crippen LogP contribution in [0.3, 0.4) is 0 Å². The topological polar surface area (TPSA) is 62.2 Å².